The molecular weight excluding hydrogens is 466 g/mol. The van der Waals surface area contributed by atoms with Crippen LogP contribution in [0.1, 0.15) is 48.2 Å². The van der Waals surface area contributed by atoms with E-state index in [0.717, 1.165) is 11.1 Å². The molecule has 0 aliphatic heterocycles. The summed E-state index contributed by atoms with van der Waals surface area (Å²) in [5, 5.41) is 3.16. The Morgan fingerprint density at radius 1 is 1.11 bits per heavy atom. The standard InChI is InChI=1S/C25H31N5O6/c1-4-35-19(31)13-12-18(24(34)36-5-2)27-22(32)16-9-6-15(7-10-16)8-11-17-14-30(3)21-20(17)23(33)29-25(26)28-21/h6-7,9-10,14,18H,4-5,8,11-13H2,1-3H3,(H,27,32)(H3,26,28,29,33)/t18-/m1/s1. The molecule has 3 aromatic rings. The van der Waals surface area contributed by atoms with Crippen molar-refractivity contribution < 1.29 is 23.9 Å². The minimum atomic E-state index is -0.964. The van der Waals surface area contributed by atoms with Gasteiger partial charge in [0.1, 0.15) is 11.7 Å². The number of nitrogen functional groups attached to an aromatic ring is 1. The summed E-state index contributed by atoms with van der Waals surface area (Å²) in [7, 11) is 1.81. The number of fused-ring (bicyclic) bond motifs is 1. The molecule has 0 saturated heterocycles. The lowest BCUT2D eigenvalue weighted by Crippen LogP contribution is -2.42. The number of nitrogens with zero attached hydrogens (tertiary/aromatic N) is 2. The van der Waals surface area contributed by atoms with Gasteiger partial charge in [-0.15, -0.1) is 0 Å². The van der Waals surface area contributed by atoms with Gasteiger partial charge in [-0.25, -0.2) is 4.79 Å². The maximum absolute atomic E-state index is 12.7. The number of ether oxygens (including phenoxy) is 2. The van der Waals surface area contributed by atoms with Crippen LogP contribution < -0.4 is 16.6 Å². The molecule has 0 fully saturated rings. The summed E-state index contributed by atoms with van der Waals surface area (Å²) in [6, 6.07) is 6.00. The summed E-state index contributed by atoms with van der Waals surface area (Å²) in [6.45, 7) is 3.76. The van der Waals surface area contributed by atoms with E-state index >= 15 is 0 Å². The highest BCUT2D eigenvalue weighted by Crippen LogP contribution is 2.18. The van der Waals surface area contributed by atoms with Crippen molar-refractivity contribution >= 4 is 34.8 Å². The van der Waals surface area contributed by atoms with Gasteiger partial charge in [-0.2, -0.15) is 4.98 Å². The number of hydrogen-bond acceptors (Lipinski definition) is 8. The SMILES string of the molecule is CCOC(=O)CC[C@@H](NC(=O)c1ccc(CCc2cn(C)c3nc(N)[nH]c(=O)c23)cc1)C(=O)OCC. The average Bonchev–Trinajstić information content (AvgIpc) is 3.16. The third-order valence-electron chi connectivity index (χ3n) is 5.64. The highest BCUT2D eigenvalue weighted by atomic mass is 16.5. The van der Waals surface area contributed by atoms with E-state index in [0.29, 0.717) is 29.4 Å². The largest absolute Gasteiger partial charge is 0.466 e. The second-order valence-electron chi connectivity index (χ2n) is 8.23. The fourth-order valence-corrected chi connectivity index (χ4v) is 3.90. The van der Waals surface area contributed by atoms with Gasteiger partial charge in [-0.1, -0.05) is 12.1 Å². The summed E-state index contributed by atoms with van der Waals surface area (Å²) in [4.78, 5) is 55.8. The zero-order chi connectivity index (χ0) is 26.2. The van der Waals surface area contributed by atoms with Crippen molar-refractivity contribution in [1.82, 2.24) is 19.9 Å². The third-order valence-corrected chi connectivity index (χ3v) is 5.64. The Morgan fingerprint density at radius 3 is 2.47 bits per heavy atom. The van der Waals surface area contributed by atoms with Gasteiger partial charge in [0.05, 0.1) is 18.6 Å². The molecule has 0 aliphatic carbocycles. The Hall–Kier alpha value is -4.15. The van der Waals surface area contributed by atoms with E-state index in [1.54, 1.807) is 37.6 Å². The van der Waals surface area contributed by atoms with Crippen LogP contribution >= 0.6 is 0 Å². The highest BCUT2D eigenvalue weighted by molar-refractivity contribution is 5.96. The van der Waals surface area contributed by atoms with Crippen molar-refractivity contribution in [3.05, 3.63) is 57.5 Å². The zero-order valence-electron chi connectivity index (χ0n) is 20.6. The molecule has 36 heavy (non-hydrogen) atoms. The van der Waals surface area contributed by atoms with E-state index in [1.807, 2.05) is 18.3 Å². The van der Waals surface area contributed by atoms with Gasteiger partial charge < -0.3 is 25.1 Å². The highest BCUT2D eigenvalue weighted by Gasteiger charge is 2.24. The number of H-pyrrole nitrogens is 1. The lowest BCUT2D eigenvalue weighted by Gasteiger charge is -2.17. The smallest absolute Gasteiger partial charge is 0.328 e. The van der Waals surface area contributed by atoms with Gasteiger partial charge in [0, 0.05) is 25.2 Å². The van der Waals surface area contributed by atoms with Crippen LogP contribution in [0.2, 0.25) is 0 Å². The molecule has 0 radical (unpaired) electrons. The topological polar surface area (TPSA) is 158 Å². The van der Waals surface area contributed by atoms with Gasteiger partial charge in [-0.3, -0.25) is 19.4 Å². The van der Waals surface area contributed by atoms with E-state index in [1.165, 1.54) is 0 Å². The molecule has 11 heteroatoms. The van der Waals surface area contributed by atoms with E-state index < -0.39 is 23.9 Å². The number of aromatic nitrogens is 3. The molecule has 1 amide bonds. The molecule has 2 heterocycles. The van der Waals surface area contributed by atoms with E-state index in [9.17, 15) is 19.2 Å². The van der Waals surface area contributed by atoms with Gasteiger partial charge >= 0.3 is 11.9 Å². The Labute approximate surface area is 208 Å². The normalized spacial score (nSPS) is 11.8. The number of nitrogens with two attached hydrogens (primary N) is 1. The molecule has 3 rings (SSSR count). The zero-order valence-corrected chi connectivity index (χ0v) is 20.6. The van der Waals surface area contributed by atoms with Crippen LogP contribution in [0, 0.1) is 0 Å². The number of nitrogens with one attached hydrogen (secondary N) is 2. The Morgan fingerprint density at radius 2 is 1.81 bits per heavy atom. The molecule has 11 nitrogen and oxygen atoms in total. The van der Waals surface area contributed by atoms with Gasteiger partial charge in [0.25, 0.3) is 11.5 Å². The second kappa shape index (κ2) is 12.0. The molecule has 192 valence electrons. The van der Waals surface area contributed by atoms with Crippen LogP contribution in [0.3, 0.4) is 0 Å². The molecule has 0 aliphatic rings. The monoisotopic (exact) mass is 497 g/mol. The number of aryl methyl sites for hydroxylation is 3. The van der Waals surface area contributed by atoms with Gasteiger partial charge in [0.15, 0.2) is 0 Å². The summed E-state index contributed by atoms with van der Waals surface area (Å²) < 4.78 is 11.7. The number of rotatable bonds is 11. The van der Waals surface area contributed by atoms with Crippen LogP contribution in [0.15, 0.2) is 35.3 Å². The van der Waals surface area contributed by atoms with Crippen LogP contribution in [0.5, 0.6) is 0 Å². The van der Waals surface area contributed by atoms with Gasteiger partial charge in [-0.05, 0) is 56.4 Å². The van der Waals surface area contributed by atoms with Crippen molar-refractivity contribution in [1.29, 1.82) is 0 Å². The predicted molar refractivity (Wildman–Crippen MR) is 133 cm³/mol. The van der Waals surface area contributed by atoms with Crippen LogP contribution in [-0.4, -0.2) is 51.6 Å². The minimum Gasteiger partial charge on any atom is -0.466 e. The quantitative estimate of drug-likeness (QED) is 0.337. The van der Waals surface area contributed by atoms with Crippen LogP contribution in [-0.2, 0) is 39.0 Å². The number of esters is 2. The molecule has 1 atom stereocenters. The third kappa shape index (κ3) is 6.49. The molecule has 0 saturated carbocycles. The minimum absolute atomic E-state index is 0.0182. The molecule has 0 unspecified atom stereocenters. The van der Waals surface area contributed by atoms with E-state index in [-0.39, 0.29) is 37.6 Å². The maximum Gasteiger partial charge on any atom is 0.328 e. The summed E-state index contributed by atoms with van der Waals surface area (Å²) in [6.07, 6.45) is 3.15. The lowest BCUT2D eigenvalue weighted by molar-refractivity contribution is -0.146. The van der Waals surface area contributed by atoms with E-state index in [2.05, 4.69) is 15.3 Å². The predicted octanol–water partition coefficient (Wildman–Crippen LogP) is 1.63. The first-order chi connectivity index (χ1) is 17.2. The fraction of sp³-hybridized carbons (Fsp3) is 0.400. The van der Waals surface area contributed by atoms with Crippen molar-refractivity contribution in [2.45, 2.75) is 45.6 Å². The number of hydrogen-bond donors (Lipinski definition) is 3. The molecule has 4 N–H and O–H groups in total. The van der Waals surface area contributed by atoms with Crippen LogP contribution in [0.25, 0.3) is 11.0 Å². The molecule has 2 aromatic heterocycles. The number of carbonyl (C=O) groups excluding carboxylic acids is 3. The molecule has 0 spiro atoms. The Kier molecular flexibility index (Phi) is 8.82. The number of amides is 1. The van der Waals surface area contributed by atoms with Gasteiger partial charge in [0.2, 0.25) is 5.95 Å². The summed E-state index contributed by atoms with van der Waals surface area (Å²) >= 11 is 0. The van der Waals surface area contributed by atoms with E-state index in [4.69, 9.17) is 15.2 Å². The Balaban J connectivity index is 1.65. The summed E-state index contributed by atoms with van der Waals surface area (Å²) in [5.41, 5.74) is 8.08. The number of benzene rings is 1. The van der Waals surface area contributed by atoms with Crippen molar-refractivity contribution in [2.24, 2.45) is 7.05 Å². The fourth-order valence-electron chi connectivity index (χ4n) is 3.90. The maximum atomic E-state index is 12.7. The molecular formula is C25H31N5O6. The number of carbonyl (C=O) groups is 3. The van der Waals surface area contributed by atoms with Crippen molar-refractivity contribution in [3.63, 3.8) is 0 Å². The first kappa shape index (κ1) is 26.5. The first-order valence-electron chi connectivity index (χ1n) is 11.8. The number of anilines is 1. The van der Waals surface area contributed by atoms with Crippen molar-refractivity contribution in [3.8, 4) is 0 Å². The Bertz CT molecular complexity index is 1290. The van der Waals surface area contributed by atoms with Crippen LogP contribution in [0.4, 0.5) is 5.95 Å². The first-order valence-corrected chi connectivity index (χ1v) is 11.8. The second-order valence-corrected chi connectivity index (χ2v) is 8.23. The lowest BCUT2D eigenvalue weighted by atomic mass is 10.0. The number of aromatic amines is 1. The molecule has 0 bridgehead atoms. The average molecular weight is 498 g/mol. The summed E-state index contributed by atoms with van der Waals surface area (Å²) in [5.74, 6) is -1.43. The molecule has 1 aromatic carbocycles. The van der Waals surface area contributed by atoms with Crippen molar-refractivity contribution in [2.75, 3.05) is 18.9 Å².